The van der Waals surface area contributed by atoms with Gasteiger partial charge in [0.15, 0.2) is 5.76 Å². The molecule has 1 amide bonds. The van der Waals surface area contributed by atoms with E-state index in [0.717, 1.165) is 11.1 Å². The third-order valence-electron chi connectivity index (χ3n) is 4.55. The van der Waals surface area contributed by atoms with E-state index in [0.29, 0.717) is 29.6 Å². The van der Waals surface area contributed by atoms with Gasteiger partial charge in [-0.15, -0.1) is 0 Å². The molecule has 0 aliphatic rings. The second-order valence-electron chi connectivity index (χ2n) is 6.35. The summed E-state index contributed by atoms with van der Waals surface area (Å²) in [6.07, 6.45) is 3.63. The molecule has 0 radical (unpaired) electrons. The fraction of sp³-hybridized carbons (Fsp3) is 0.143. The molecule has 0 atom stereocenters. The van der Waals surface area contributed by atoms with Crippen LogP contribution in [0.3, 0.4) is 0 Å². The van der Waals surface area contributed by atoms with Gasteiger partial charge in [-0.25, -0.2) is 4.39 Å². The lowest BCUT2D eigenvalue weighted by Crippen LogP contribution is -2.23. The summed E-state index contributed by atoms with van der Waals surface area (Å²) in [6.45, 7) is 2.74. The Bertz CT molecular complexity index is 1100. The predicted octanol–water partition coefficient (Wildman–Crippen LogP) is 4.06. The SMILES string of the molecule is Cc1c(C(=O)NCc2ccccc2Cn2cccn2)oc2ccc(F)cc12. The largest absolute Gasteiger partial charge is 0.451 e. The van der Waals surface area contributed by atoms with Gasteiger partial charge >= 0.3 is 0 Å². The summed E-state index contributed by atoms with van der Waals surface area (Å²) in [5.41, 5.74) is 3.20. The molecule has 4 aromatic rings. The molecular formula is C21H18FN3O2. The first-order chi connectivity index (χ1) is 13.1. The van der Waals surface area contributed by atoms with Crippen LogP contribution in [0.4, 0.5) is 4.39 Å². The number of carbonyl (C=O) groups is 1. The van der Waals surface area contributed by atoms with E-state index >= 15 is 0 Å². The molecule has 0 aliphatic carbocycles. The Morgan fingerprint density at radius 1 is 1.19 bits per heavy atom. The van der Waals surface area contributed by atoms with E-state index in [-0.39, 0.29) is 17.5 Å². The van der Waals surface area contributed by atoms with Crippen LogP contribution in [-0.4, -0.2) is 15.7 Å². The van der Waals surface area contributed by atoms with Crippen molar-refractivity contribution in [1.82, 2.24) is 15.1 Å². The van der Waals surface area contributed by atoms with E-state index in [1.165, 1.54) is 18.2 Å². The number of benzene rings is 2. The van der Waals surface area contributed by atoms with Gasteiger partial charge < -0.3 is 9.73 Å². The third kappa shape index (κ3) is 3.46. The number of amides is 1. The Morgan fingerprint density at radius 3 is 2.78 bits per heavy atom. The number of nitrogens with zero attached hydrogens (tertiary/aromatic N) is 2. The summed E-state index contributed by atoms with van der Waals surface area (Å²) in [6, 6.07) is 14.0. The summed E-state index contributed by atoms with van der Waals surface area (Å²) in [5, 5.41) is 7.73. The summed E-state index contributed by atoms with van der Waals surface area (Å²) >= 11 is 0. The number of carbonyl (C=O) groups excluding carboxylic acids is 1. The average Bonchev–Trinajstić information content (AvgIpc) is 3.29. The van der Waals surface area contributed by atoms with Gasteiger partial charge in [-0.2, -0.15) is 5.10 Å². The van der Waals surface area contributed by atoms with Gasteiger partial charge in [0.1, 0.15) is 11.4 Å². The second kappa shape index (κ2) is 7.07. The van der Waals surface area contributed by atoms with Crippen LogP contribution in [0.25, 0.3) is 11.0 Å². The van der Waals surface area contributed by atoms with E-state index in [9.17, 15) is 9.18 Å². The molecule has 27 heavy (non-hydrogen) atoms. The number of halogens is 1. The molecule has 1 N–H and O–H groups in total. The van der Waals surface area contributed by atoms with Crippen molar-refractivity contribution in [3.63, 3.8) is 0 Å². The molecule has 2 aromatic carbocycles. The molecule has 2 heterocycles. The number of aryl methyl sites for hydroxylation is 1. The molecule has 0 saturated heterocycles. The van der Waals surface area contributed by atoms with Crippen LogP contribution >= 0.6 is 0 Å². The zero-order valence-electron chi connectivity index (χ0n) is 14.8. The standard InChI is InChI=1S/C21H18FN3O2/c1-14-18-11-17(22)7-8-19(18)27-20(14)21(26)23-12-15-5-2-3-6-16(15)13-25-10-4-9-24-25/h2-11H,12-13H2,1H3,(H,23,26). The highest BCUT2D eigenvalue weighted by Crippen LogP contribution is 2.26. The maximum Gasteiger partial charge on any atom is 0.287 e. The lowest BCUT2D eigenvalue weighted by atomic mass is 10.1. The van der Waals surface area contributed by atoms with Crippen molar-refractivity contribution in [3.8, 4) is 0 Å². The Balaban J connectivity index is 1.52. The predicted molar refractivity (Wildman–Crippen MR) is 99.9 cm³/mol. The summed E-state index contributed by atoms with van der Waals surface area (Å²) in [7, 11) is 0. The molecule has 0 spiro atoms. The lowest BCUT2D eigenvalue weighted by Gasteiger charge is -2.10. The van der Waals surface area contributed by atoms with Crippen molar-refractivity contribution >= 4 is 16.9 Å². The topological polar surface area (TPSA) is 60.1 Å². The smallest absolute Gasteiger partial charge is 0.287 e. The van der Waals surface area contributed by atoms with Crippen molar-refractivity contribution in [1.29, 1.82) is 0 Å². The zero-order valence-corrected chi connectivity index (χ0v) is 14.8. The van der Waals surface area contributed by atoms with Crippen molar-refractivity contribution in [3.05, 3.63) is 89.2 Å². The van der Waals surface area contributed by atoms with Gasteiger partial charge in [-0.1, -0.05) is 24.3 Å². The number of fused-ring (bicyclic) bond motifs is 1. The molecule has 0 saturated carbocycles. The van der Waals surface area contributed by atoms with Crippen molar-refractivity contribution < 1.29 is 13.6 Å². The quantitative estimate of drug-likeness (QED) is 0.582. The molecule has 5 nitrogen and oxygen atoms in total. The molecule has 4 rings (SSSR count). The van der Waals surface area contributed by atoms with Gasteiger partial charge in [-0.05, 0) is 42.3 Å². The van der Waals surface area contributed by atoms with E-state index in [2.05, 4.69) is 10.4 Å². The van der Waals surface area contributed by atoms with Crippen molar-refractivity contribution in [2.24, 2.45) is 0 Å². The number of hydrogen-bond acceptors (Lipinski definition) is 3. The number of nitrogens with one attached hydrogen (secondary N) is 1. The monoisotopic (exact) mass is 363 g/mol. The van der Waals surface area contributed by atoms with E-state index in [1.807, 2.05) is 41.2 Å². The van der Waals surface area contributed by atoms with Gasteiger partial charge in [-0.3, -0.25) is 9.48 Å². The minimum Gasteiger partial charge on any atom is -0.451 e. The Morgan fingerprint density at radius 2 is 2.00 bits per heavy atom. The number of rotatable bonds is 5. The molecule has 0 unspecified atom stereocenters. The van der Waals surface area contributed by atoms with Crippen molar-refractivity contribution in [2.75, 3.05) is 0 Å². The first-order valence-corrected chi connectivity index (χ1v) is 8.63. The van der Waals surface area contributed by atoms with Gasteiger partial charge in [0.2, 0.25) is 0 Å². The molecule has 136 valence electrons. The molecule has 0 fully saturated rings. The third-order valence-corrected chi connectivity index (χ3v) is 4.55. The Hall–Kier alpha value is -3.41. The minimum atomic E-state index is -0.356. The van der Waals surface area contributed by atoms with Crippen LogP contribution in [-0.2, 0) is 13.1 Å². The van der Waals surface area contributed by atoms with Crippen LogP contribution in [0.15, 0.2) is 65.3 Å². The normalized spacial score (nSPS) is 11.0. The van der Waals surface area contributed by atoms with Crippen LogP contribution in [0.1, 0.15) is 27.2 Å². The van der Waals surface area contributed by atoms with Crippen LogP contribution in [0.5, 0.6) is 0 Å². The number of hydrogen-bond donors (Lipinski definition) is 1. The van der Waals surface area contributed by atoms with Crippen LogP contribution in [0.2, 0.25) is 0 Å². The van der Waals surface area contributed by atoms with Crippen LogP contribution in [0, 0.1) is 12.7 Å². The molecule has 0 aliphatic heterocycles. The minimum absolute atomic E-state index is 0.208. The maximum absolute atomic E-state index is 13.4. The van der Waals surface area contributed by atoms with E-state index in [4.69, 9.17) is 4.42 Å². The fourth-order valence-electron chi connectivity index (χ4n) is 3.12. The lowest BCUT2D eigenvalue weighted by molar-refractivity contribution is 0.0924. The van der Waals surface area contributed by atoms with Crippen LogP contribution < -0.4 is 5.32 Å². The average molecular weight is 363 g/mol. The summed E-state index contributed by atoms with van der Waals surface area (Å²) < 4.78 is 20.9. The molecule has 2 aromatic heterocycles. The highest BCUT2D eigenvalue weighted by atomic mass is 19.1. The molecular weight excluding hydrogens is 345 g/mol. The number of aromatic nitrogens is 2. The van der Waals surface area contributed by atoms with Gasteiger partial charge in [0.05, 0.1) is 6.54 Å². The Labute approximate surface area is 155 Å². The fourth-order valence-corrected chi connectivity index (χ4v) is 3.12. The first-order valence-electron chi connectivity index (χ1n) is 8.63. The summed E-state index contributed by atoms with van der Waals surface area (Å²) in [4.78, 5) is 12.6. The second-order valence-corrected chi connectivity index (χ2v) is 6.35. The molecule has 6 heteroatoms. The maximum atomic E-state index is 13.4. The summed E-state index contributed by atoms with van der Waals surface area (Å²) in [5.74, 6) is -0.468. The van der Waals surface area contributed by atoms with E-state index < -0.39 is 0 Å². The highest BCUT2D eigenvalue weighted by Gasteiger charge is 2.18. The number of furan rings is 1. The first kappa shape index (κ1) is 17.0. The zero-order chi connectivity index (χ0) is 18.8. The van der Waals surface area contributed by atoms with Crippen molar-refractivity contribution in [2.45, 2.75) is 20.0 Å². The van der Waals surface area contributed by atoms with E-state index in [1.54, 1.807) is 13.1 Å². The Kier molecular flexibility index (Phi) is 4.46. The van der Waals surface area contributed by atoms with Gasteiger partial charge in [0, 0.05) is 29.9 Å². The molecule has 0 bridgehead atoms. The van der Waals surface area contributed by atoms with Gasteiger partial charge in [0.25, 0.3) is 5.91 Å². The highest BCUT2D eigenvalue weighted by molar-refractivity contribution is 5.98.